The van der Waals surface area contributed by atoms with Crippen LogP contribution in [0.4, 0.5) is 11.4 Å². The number of carbonyl (C=O) groups is 2. The summed E-state index contributed by atoms with van der Waals surface area (Å²) in [7, 11) is 0. The molecule has 0 saturated carbocycles. The Labute approximate surface area is 118 Å². The highest BCUT2D eigenvalue weighted by molar-refractivity contribution is 5.83. The van der Waals surface area contributed by atoms with Gasteiger partial charge in [-0.25, -0.2) is 0 Å². The quantitative estimate of drug-likeness (QED) is 0.619. The maximum absolute atomic E-state index is 11.8. The van der Waals surface area contributed by atoms with Gasteiger partial charge < -0.3 is 21.1 Å². The minimum absolute atomic E-state index is 0.0462. The van der Waals surface area contributed by atoms with Crippen molar-refractivity contribution < 1.29 is 14.7 Å². The summed E-state index contributed by atoms with van der Waals surface area (Å²) < 4.78 is 0. The van der Waals surface area contributed by atoms with E-state index in [9.17, 15) is 9.59 Å². The summed E-state index contributed by atoms with van der Waals surface area (Å²) in [4.78, 5) is 24.2. The number of benzene rings is 1. The predicted molar refractivity (Wildman–Crippen MR) is 78.6 cm³/mol. The van der Waals surface area contributed by atoms with E-state index in [0.717, 1.165) is 6.42 Å². The SMILES string of the molecule is CCCNC(=O)CN(CCC(=O)O)c1ccccc1N. The Morgan fingerprint density at radius 2 is 2.05 bits per heavy atom. The highest BCUT2D eigenvalue weighted by Crippen LogP contribution is 2.22. The topological polar surface area (TPSA) is 95.7 Å². The van der Waals surface area contributed by atoms with E-state index >= 15 is 0 Å². The molecule has 0 aromatic heterocycles. The minimum Gasteiger partial charge on any atom is -0.481 e. The Morgan fingerprint density at radius 1 is 1.35 bits per heavy atom. The zero-order valence-corrected chi connectivity index (χ0v) is 11.6. The number of nitrogens with one attached hydrogen (secondary N) is 1. The first-order valence-electron chi connectivity index (χ1n) is 6.62. The Balaban J connectivity index is 2.77. The average Bonchev–Trinajstić information content (AvgIpc) is 2.41. The molecule has 0 unspecified atom stereocenters. The van der Waals surface area contributed by atoms with E-state index in [1.54, 1.807) is 23.1 Å². The lowest BCUT2D eigenvalue weighted by molar-refractivity contribution is -0.136. The number of carboxylic acids is 1. The normalized spacial score (nSPS) is 10.1. The molecule has 0 heterocycles. The van der Waals surface area contributed by atoms with E-state index in [0.29, 0.717) is 17.9 Å². The number of hydrogen-bond donors (Lipinski definition) is 3. The maximum Gasteiger partial charge on any atom is 0.305 e. The second-order valence-electron chi connectivity index (χ2n) is 4.47. The monoisotopic (exact) mass is 279 g/mol. The van der Waals surface area contributed by atoms with Gasteiger partial charge >= 0.3 is 5.97 Å². The maximum atomic E-state index is 11.8. The van der Waals surface area contributed by atoms with Gasteiger partial charge in [0.1, 0.15) is 0 Å². The number of anilines is 2. The van der Waals surface area contributed by atoms with Crippen LogP contribution in [0.2, 0.25) is 0 Å². The fraction of sp³-hybridized carbons (Fsp3) is 0.429. The van der Waals surface area contributed by atoms with Crippen LogP contribution in [-0.2, 0) is 9.59 Å². The van der Waals surface area contributed by atoms with Gasteiger partial charge in [-0.1, -0.05) is 19.1 Å². The van der Waals surface area contributed by atoms with Crippen molar-refractivity contribution in [2.75, 3.05) is 30.3 Å². The van der Waals surface area contributed by atoms with Gasteiger partial charge in [-0.15, -0.1) is 0 Å². The van der Waals surface area contributed by atoms with Crippen LogP contribution in [0.3, 0.4) is 0 Å². The van der Waals surface area contributed by atoms with Crippen LogP contribution in [-0.4, -0.2) is 36.6 Å². The summed E-state index contributed by atoms with van der Waals surface area (Å²) in [6, 6.07) is 7.12. The van der Waals surface area contributed by atoms with Crippen LogP contribution in [0.25, 0.3) is 0 Å². The number of hydrogen-bond acceptors (Lipinski definition) is 4. The smallest absolute Gasteiger partial charge is 0.305 e. The van der Waals surface area contributed by atoms with Gasteiger partial charge in [0.25, 0.3) is 0 Å². The summed E-state index contributed by atoms with van der Waals surface area (Å²) in [5.41, 5.74) is 7.09. The number of nitrogens with zero attached hydrogens (tertiary/aromatic N) is 1. The molecule has 1 aromatic rings. The van der Waals surface area contributed by atoms with Crippen molar-refractivity contribution >= 4 is 23.3 Å². The van der Waals surface area contributed by atoms with Crippen LogP contribution in [0, 0.1) is 0 Å². The van der Waals surface area contributed by atoms with Gasteiger partial charge in [0.2, 0.25) is 5.91 Å². The predicted octanol–water partition coefficient (Wildman–Crippen LogP) is 1.08. The third-order valence-corrected chi connectivity index (χ3v) is 2.78. The van der Waals surface area contributed by atoms with Gasteiger partial charge in [0.05, 0.1) is 24.3 Å². The highest BCUT2D eigenvalue weighted by Gasteiger charge is 2.14. The van der Waals surface area contributed by atoms with Gasteiger partial charge in [0, 0.05) is 13.1 Å². The highest BCUT2D eigenvalue weighted by atomic mass is 16.4. The zero-order chi connectivity index (χ0) is 15.0. The van der Waals surface area contributed by atoms with Crippen LogP contribution in [0.15, 0.2) is 24.3 Å². The van der Waals surface area contributed by atoms with Crippen molar-refractivity contribution in [2.24, 2.45) is 0 Å². The van der Waals surface area contributed by atoms with Gasteiger partial charge in [0.15, 0.2) is 0 Å². The molecular formula is C14H21N3O3. The van der Waals surface area contributed by atoms with Gasteiger partial charge in [-0.3, -0.25) is 9.59 Å². The Hall–Kier alpha value is -2.24. The van der Waals surface area contributed by atoms with E-state index in [4.69, 9.17) is 10.8 Å². The molecule has 0 atom stereocenters. The molecule has 0 saturated heterocycles. The fourth-order valence-corrected chi connectivity index (χ4v) is 1.78. The van der Waals surface area contributed by atoms with Crippen molar-refractivity contribution in [1.29, 1.82) is 0 Å². The lowest BCUT2D eigenvalue weighted by atomic mass is 10.2. The van der Waals surface area contributed by atoms with E-state index < -0.39 is 5.97 Å². The van der Waals surface area contributed by atoms with Crippen molar-refractivity contribution in [2.45, 2.75) is 19.8 Å². The van der Waals surface area contributed by atoms with Crippen molar-refractivity contribution in [3.63, 3.8) is 0 Å². The standard InChI is InChI=1S/C14H21N3O3/c1-2-8-16-13(18)10-17(9-7-14(19)20)12-6-4-3-5-11(12)15/h3-6H,2,7-10,15H2,1H3,(H,16,18)(H,19,20). The van der Waals surface area contributed by atoms with Crippen molar-refractivity contribution in [1.82, 2.24) is 5.32 Å². The summed E-state index contributed by atoms with van der Waals surface area (Å²) in [5, 5.41) is 11.6. The Morgan fingerprint density at radius 3 is 2.65 bits per heavy atom. The number of carbonyl (C=O) groups excluding carboxylic acids is 1. The number of amides is 1. The molecule has 1 rings (SSSR count). The molecule has 0 bridgehead atoms. The molecule has 0 spiro atoms. The van der Waals surface area contributed by atoms with E-state index in [1.807, 2.05) is 13.0 Å². The largest absolute Gasteiger partial charge is 0.481 e. The van der Waals surface area contributed by atoms with Gasteiger partial charge in [-0.2, -0.15) is 0 Å². The van der Waals surface area contributed by atoms with Crippen LogP contribution in [0.5, 0.6) is 0 Å². The number of carboxylic acid groups (broad SMARTS) is 1. The molecule has 4 N–H and O–H groups in total. The average molecular weight is 279 g/mol. The molecule has 110 valence electrons. The van der Waals surface area contributed by atoms with E-state index in [-0.39, 0.29) is 25.4 Å². The molecule has 1 amide bonds. The van der Waals surface area contributed by atoms with Crippen molar-refractivity contribution in [3.8, 4) is 0 Å². The molecule has 0 radical (unpaired) electrons. The van der Waals surface area contributed by atoms with Crippen LogP contribution >= 0.6 is 0 Å². The molecule has 6 nitrogen and oxygen atoms in total. The Kier molecular flexibility index (Phi) is 6.36. The van der Waals surface area contributed by atoms with Crippen LogP contribution < -0.4 is 16.0 Å². The fourth-order valence-electron chi connectivity index (χ4n) is 1.78. The Bertz CT molecular complexity index is 463. The molecule has 0 aliphatic heterocycles. The first-order valence-corrected chi connectivity index (χ1v) is 6.62. The number of nitrogens with two attached hydrogens (primary N) is 1. The number of aliphatic carboxylic acids is 1. The lowest BCUT2D eigenvalue weighted by Crippen LogP contribution is -2.39. The zero-order valence-electron chi connectivity index (χ0n) is 11.6. The molecule has 0 aliphatic rings. The number of rotatable bonds is 8. The lowest BCUT2D eigenvalue weighted by Gasteiger charge is -2.25. The van der Waals surface area contributed by atoms with Crippen molar-refractivity contribution in [3.05, 3.63) is 24.3 Å². The third kappa shape index (κ3) is 5.17. The number of para-hydroxylation sites is 2. The molecule has 0 fully saturated rings. The first kappa shape index (κ1) is 15.8. The third-order valence-electron chi connectivity index (χ3n) is 2.78. The van der Waals surface area contributed by atoms with E-state index in [2.05, 4.69) is 5.32 Å². The molecule has 0 aliphatic carbocycles. The molecule has 6 heteroatoms. The second kappa shape index (κ2) is 8.04. The van der Waals surface area contributed by atoms with Crippen LogP contribution in [0.1, 0.15) is 19.8 Å². The second-order valence-corrected chi connectivity index (χ2v) is 4.47. The molecule has 20 heavy (non-hydrogen) atoms. The first-order chi connectivity index (χ1) is 9.54. The van der Waals surface area contributed by atoms with Gasteiger partial charge in [-0.05, 0) is 18.6 Å². The number of nitrogen functional groups attached to an aromatic ring is 1. The summed E-state index contributed by atoms with van der Waals surface area (Å²) in [6.07, 6.45) is 0.809. The summed E-state index contributed by atoms with van der Waals surface area (Å²) >= 11 is 0. The summed E-state index contributed by atoms with van der Waals surface area (Å²) in [6.45, 7) is 2.91. The molecule has 1 aromatic carbocycles. The summed E-state index contributed by atoms with van der Waals surface area (Å²) in [5.74, 6) is -1.04. The van der Waals surface area contributed by atoms with E-state index in [1.165, 1.54) is 0 Å². The molecular weight excluding hydrogens is 258 g/mol. The minimum atomic E-state index is -0.904.